The fourth-order valence-electron chi connectivity index (χ4n) is 2.87. The topological polar surface area (TPSA) is 107 Å². The molecule has 1 aliphatic rings. The van der Waals surface area contributed by atoms with Crippen LogP contribution in [0.25, 0.3) is 0 Å². The average Bonchev–Trinajstić information content (AvgIpc) is 3.30. The second-order valence-electron chi connectivity index (χ2n) is 7.42. The highest BCUT2D eigenvalue weighted by atomic mass is 16.6. The van der Waals surface area contributed by atoms with Gasteiger partial charge in [0.1, 0.15) is 18.5 Å². The number of hydrogen-bond donors (Lipinski definition) is 1. The molecule has 9 nitrogen and oxygen atoms in total. The summed E-state index contributed by atoms with van der Waals surface area (Å²) in [4.78, 5) is 34.4. The van der Waals surface area contributed by atoms with Crippen LogP contribution >= 0.6 is 0 Å². The van der Waals surface area contributed by atoms with E-state index in [0.717, 1.165) is 12.8 Å². The molecule has 0 radical (unpaired) electrons. The number of hydrogen-bond acceptors (Lipinski definition) is 7. The van der Waals surface area contributed by atoms with Gasteiger partial charge in [-0.05, 0) is 45.7 Å². The maximum atomic E-state index is 12.4. The second-order valence-corrected chi connectivity index (χ2v) is 7.42. The number of oxazole rings is 1. The summed E-state index contributed by atoms with van der Waals surface area (Å²) < 4.78 is 16.3. The van der Waals surface area contributed by atoms with E-state index in [4.69, 9.17) is 13.9 Å². The minimum absolute atomic E-state index is 0.0773. The Balaban J connectivity index is 1.64. The van der Waals surface area contributed by atoms with Gasteiger partial charge in [-0.25, -0.2) is 14.8 Å². The third-order valence-corrected chi connectivity index (χ3v) is 4.07. The molecule has 1 fully saturated rings. The molecule has 1 atom stereocenters. The molecule has 0 aromatic carbocycles. The van der Waals surface area contributed by atoms with Crippen LogP contribution in [0.5, 0.6) is 5.75 Å². The summed E-state index contributed by atoms with van der Waals surface area (Å²) in [7, 11) is 0. The molecular weight excluding hydrogens is 364 g/mol. The molecular formula is C19H24N4O5. The zero-order valence-electron chi connectivity index (χ0n) is 16.2. The highest BCUT2D eigenvalue weighted by Gasteiger charge is 2.33. The Morgan fingerprint density at radius 2 is 2.14 bits per heavy atom. The number of rotatable bonds is 5. The summed E-state index contributed by atoms with van der Waals surface area (Å²) in [6, 6.07) is 3.29. The van der Waals surface area contributed by atoms with Crippen LogP contribution in [0.3, 0.4) is 0 Å². The van der Waals surface area contributed by atoms with Crippen molar-refractivity contribution in [3.05, 3.63) is 36.5 Å². The van der Waals surface area contributed by atoms with E-state index < -0.39 is 11.5 Å². The van der Waals surface area contributed by atoms with Gasteiger partial charge in [0.05, 0.1) is 12.2 Å². The number of anilines is 1. The monoisotopic (exact) mass is 388 g/mol. The van der Waals surface area contributed by atoms with Gasteiger partial charge in [0.2, 0.25) is 0 Å². The van der Waals surface area contributed by atoms with Gasteiger partial charge >= 0.3 is 12.1 Å². The van der Waals surface area contributed by atoms with E-state index in [-0.39, 0.29) is 30.5 Å². The Hall–Kier alpha value is -3.10. The van der Waals surface area contributed by atoms with Crippen LogP contribution in [-0.4, -0.2) is 51.7 Å². The maximum absolute atomic E-state index is 12.4. The number of carbonyl (C=O) groups excluding carboxylic acids is 2. The lowest BCUT2D eigenvalue weighted by molar-refractivity contribution is 0.0186. The van der Waals surface area contributed by atoms with Crippen molar-refractivity contribution in [3.8, 4) is 5.75 Å². The molecule has 3 heterocycles. The predicted octanol–water partition coefficient (Wildman–Crippen LogP) is 3.10. The Labute approximate surface area is 163 Å². The van der Waals surface area contributed by atoms with E-state index >= 15 is 0 Å². The minimum Gasteiger partial charge on any atom is -0.489 e. The summed E-state index contributed by atoms with van der Waals surface area (Å²) in [5.74, 6) is -0.170. The van der Waals surface area contributed by atoms with Crippen LogP contribution < -0.4 is 10.1 Å². The molecule has 0 spiro atoms. The molecule has 0 aliphatic carbocycles. The Bertz CT molecular complexity index is 816. The number of carbonyl (C=O) groups is 2. The van der Waals surface area contributed by atoms with Crippen LogP contribution in [0.4, 0.5) is 10.8 Å². The van der Waals surface area contributed by atoms with Gasteiger partial charge < -0.3 is 18.8 Å². The number of amides is 2. The van der Waals surface area contributed by atoms with Crippen molar-refractivity contribution < 1.29 is 23.5 Å². The first kappa shape index (κ1) is 19.7. The summed E-state index contributed by atoms with van der Waals surface area (Å²) >= 11 is 0. The minimum atomic E-state index is -0.556. The normalized spacial score (nSPS) is 16.7. The standard InChI is InChI=1S/C19H24N4O5/c1-19(2,3)28-18(25)23-10-5-6-13(23)12-27-14-7-4-8-20-15(14)16(24)22-17-21-9-11-26-17/h4,7-9,11,13H,5-6,10,12H2,1-3H3,(H,21,22,24). The number of pyridine rings is 1. The molecule has 9 heteroatoms. The largest absolute Gasteiger partial charge is 0.489 e. The van der Waals surface area contributed by atoms with Gasteiger partial charge in [0.25, 0.3) is 5.91 Å². The second kappa shape index (κ2) is 8.28. The Kier molecular flexibility index (Phi) is 5.81. The van der Waals surface area contributed by atoms with Crippen LogP contribution in [0.1, 0.15) is 44.1 Å². The Morgan fingerprint density at radius 3 is 2.86 bits per heavy atom. The molecule has 1 saturated heterocycles. The van der Waals surface area contributed by atoms with Gasteiger partial charge in [0, 0.05) is 12.7 Å². The highest BCUT2D eigenvalue weighted by Crippen LogP contribution is 2.23. The van der Waals surface area contributed by atoms with Crippen LogP contribution in [0.2, 0.25) is 0 Å². The van der Waals surface area contributed by atoms with Gasteiger partial charge in [-0.3, -0.25) is 10.1 Å². The lowest BCUT2D eigenvalue weighted by Gasteiger charge is -2.28. The molecule has 1 unspecified atom stereocenters. The van der Waals surface area contributed by atoms with E-state index in [9.17, 15) is 9.59 Å². The van der Waals surface area contributed by atoms with Crippen LogP contribution in [0, 0.1) is 0 Å². The smallest absolute Gasteiger partial charge is 0.410 e. The van der Waals surface area contributed by atoms with Crippen LogP contribution in [-0.2, 0) is 4.74 Å². The molecule has 3 rings (SSSR count). The van der Waals surface area contributed by atoms with Gasteiger partial charge in [-0.2, -0.15) is 0 Å². The predicted molar refractivity (Wildman–Crippen MR) is 100 cm³/mol. The molecule has 2 aromatic rings. The van der Waals surface area contributed by atoms with Crippen molar-refractivity contribution in [2.75, 3.05) is 18.5 Å². The van der Waals surface area contributed by atoms with Crippen molar-refractivity contribution >= 4 is 18.0 Å². The van der Waals surface area contributed by atoms with Crippen LogP contribution in [0.15, 0.2) is 35.2 Å². The average molecular weight is 388 g/mol. The quantitative estimate of drug-likeness (QED) is 0.838. The first-order chi connectivity index (χ1) is 13.3. The maximum Gasteiger partial charge on any atom is 0.410 e. The van der Waals surface area contributed by atoms with E-state index in [0.29, 0.717) is 12.3 Å². The summed E-state index contributed by atoms with van der Waals surface area (Å²) in [5, 5.41) is 2.52. The third-order valence-electron chi connectivity index (χ3n) is 4.07. The van der Waals surface area contributed by atoms with E-state index in [1.807, 2.05) is 20.8 Å². The van der Waals surface area contributed by atoms with Crippen molar-refractivity contribution in [3.63, 3.8) is 0 Å². The Morgan fingerprint density at radius 1 is 1.32 bits per heavy atom. The SMILES string of the molecule is CC(C)(C)OC(=O)N1CCCC1COc1cccnc1C(=O)Nc1ncco1. The summed E-state index contributed by atoms with van der Waals surface area (Å²) in [6.45, 7) is 6.36. The van der Waals surface area contributed by atoms with Gasteiger partial charge in [-0.1, -0.05) is 0 Å². The molecule has 2 aromatic heterocycles. The first-order valence-electron chi connectivity index (χ1n) is 9.12. The van der Waals surface area contributed by atoms with E-state index in [1.165, 1.54) is 18.7 Å². The van der Waals surface area contributed by atoms with E-state index in [1.54, 1.807) is 17.0 Å². The molecule has 1 N–H and O–H groups in total. The lowest BCUT2D eigenvalue weighted by Crippen LogP contribution is -2.42. The first-order valence-corrected chi connectivity index (χ1v) is 9.12. The summed E-state index contributed by atoms with van der Waals surface area (Å²) in [5.41, 5.74) is -0.443. The van der Waals surface area contributed by atoms with Crippen molar-refractivity contribution in [1.82, 2.24) is 14.9 Å². The van der Waals surface area contributed by atoms with Crippen molar-refractivity contribution in [2.24, 2.45) is 0 Å². The third kappa shape index (κ3) is 4.99. The molecule has 28 heavy (non-hydrogen) atoms. The molecule has 150 valence electrons. The van der Waals surface area contributed by atoms with Gasteiger partial charge in [-0.15, -0.1) is 0 Å². The zero-order chi connectivity index (χ0) is 20.1. The van der Waals surface area contributed by atoms with Gasteiger partial charge in [0.15, 0.2) is 11.4 Å². The van der Waals surface area contributed by atoms with Crippen molar-refractivity contribution in [1.29, 1.82) is 0 Å². The highest BCUT2D eigenvalue weighted by molar-refractivity contribution is 6.03. The lowest BCUT2D eigenvalue weighted by atomic mass is 10.2. The van der Waals surface area contributed by atoms with E-state index in [2.05, 4.69) is 15.3 Å². The number of nitrogens with zero attached hydrogens (tertiary/aromatic N) is 3. The molecule has 1 aliphatic heterocycles. The number of likely N-dealkylation sites (tertiary alicyclic amines) is 1. The number of nitrogens with one attached hydrogen (secondary N) is 1. The molecule has 0 bridgehead atoms. The molecule has 0 saturated carbocycles. The fourth-order valence-corrected chi connectivity index (χ4v) is 2.87. The molecule has 2 amide bonds. The zero-order valence-corrected chi connectivity index (χ0v) is 16.2. The fraction of sp³-hybridized carbons (Fsp3) is 0.474. The number of aromatic nitrogens is 2. The summed E-state index contributed by atoms with van der Waals surface area (Å²) in [6.07, 6.45) is 5.61. The van der Waals surface area contributed by atoms with Crippen molar-refractivity contribution in [2.45, 2.75) is 45.3 Å². The number of ether oxygens (including phenoxy) is 2.